The zero-order chi connectivity index (χ0) is 19.0. The molecule has 0 N–H and O–H groups in total. The molecule has 0 spiro atoms. The zero-order valence-electron chi connectivity index (χ0n) is 14.9. The molecule has 0 aliphatic carbocycles. The van der Waals surface area contributed by atoms with E-state index in [9.17, 15) is 14.4 Å². The molecule has 2 heterocycles. The van der Waals surface area contributed by atoms with Crippen molar-refractivity contribution in [2.24, 2.45) is 5.92 Å². The fraction of sp³-hybridized carbons (Fsp3) is 0.526. The lowest BCUT2D eigenvalue weighted by Crippen LogP contribution is -2.52. The highest BCUT2D eigenvalue weighted by Crippen LogP contribution is 2.34. The highest BCUT2D eigenvalue weighted by atomic mass is 35.5. The number of imide groups is 1. The molecule has 3 amide bonds. The lowest BCUT2D eigenvalue weighted by atomic mass is 10.00. The maximum absolute atomic E-state index is 13.1. The van der Waals surface area contributed by atoms with Crippen LogP contribution in [-0.2, 0) is 4.79 Å². The summed E-state index contributed by atoms with van der Waals surface area (Å²) in [5.41, 5.74) is 0.425. The van der Waals surface area contributed by atoms with E-state index in [1.807, 2.05) is 13.8 Å². The van der Waals surface area contributed by atoms with E-state index in [0.29, 0.717) is 19.5 Å². The first-order chi connectivity index (χ1) is 12.3. The minimum atomic E-state index is -0.793. The summed E-state index contributed by atoms with van der Waals surface area (Å²) in [5.74, 6) is -0.936. The summed E-state index contributed by atoms with van der Waals surface area (Å²) in [6, 6.07) is 2.03. The maximum atomic E-state index is 13.1. The van der Waals surface area contributed by atoms with Crippen molar-refractivity contribution in [3.05, 3.63) is 33.3 Å². The molecule has 140 valence electrons. The highest BCUT2D eigenvalue weighted by Gasteiger charge is 2.44. The van der Waals surface area contributed by atoms with Crippen LogP contribution in [0.3, 0.4) is 0 Å². The molecule has 0 aromatic heterocycles. The van der Waals surface area contributed by atoms with E-state index in [1.165, 1.54) is 12.1 Å². The van der Waals surface area contributed by atoms with E-state index in [0.717, 1.165) is 24.2 Å². The van der Waals surface area contributed by atoms with Crippen molar-refractivity contribution in [2.75, 3.05) is 13.1 Å². The predicted octanol–water partition coefficient (Wildman–Crippen LogP) is 4.02. The van der Waals surface area contributed by atoms with Gasteiger partial charge in [-0.15, -0.1) is 0 Å². The summed E-state index contributed by atoms with van der Waals surface area (Å²) in [5, 5.41) is 0.437. The molecule has 5 nitrogen and oxygen atoms in total. The van der Waals surface area contributed by atoms with Crippen molar-refractivity contribution in [2.45, 2.75) is 45.6 Å². The molecule has 0 saturated carbocycles. The van der Waals surface area contributed by atoms with E-state index in [1.54, 1.807) is 4.90 Å². The normalized spacial score (nSPS) is 18.5. The lowest BCUT2D eigenvalue weighted by Gasteiger charge is -2.34. The highest BCUT2D eigenvalue weighted by molar-refractivity contribution is 6.43. The van der Waals surface area contributed by atoms with Crippen molar-refractivity contribution in [3.63, 3.8) is 0 Å². The maximum Gasteiger partial charge on any atom is 0.262 e. The molecule has 26 heavy (non-hydrogen) atoms. The SMILES string of the molecule is CC(C)C[C@@H](C(=O)N1CCCCC1)N1C(=O)c2cc(Cl)c(Cl)cc2C1=O. The summed E-state index contributed by atoms with van der Waals surface area (Å²) in [7, 11) is 0. The third kappa shape index (κ3) is 3.47. The van der Waals surface area contributed by atoms with Crippen molar-refractivity contribution < 1.29 is 14.4 Å². The molecule has 0 radical (unpaired) electrons. The monoisotopic (exact) mass is 396 g/mol. The molecule has 1 aromatic rings. The van der Waals surface area contributed by atoms with Crippen LogP contribution in [0.4, 0.5) is 0 Å². The number of fused-ring (bicyclic) bond motifs is 1. The van der Waals surface area contributed by atoms with Crippen molar-refractivity contribution in [3.8, 4) is 0 Å². The van der Waals surface area contributed by atoms with Crippen molar-refractivity contribution >= 4 is 40.9 Å². The molecule has 3 rings (SSSR count). The Balaban J connectivity index is 1.95. The average Bonchev–Trinajstić information content (AvgIpc) is 2.84. The summed E-state index contributed by atoms with van der Waals surface area (Å²) in [6.45, 7) is 5.30. The molecule has 1 saturated heterocycles. The Bertz CT molecular complexity index is 716. The lowest BCUT2D eigenvalue weighted by molar-refractivity contribution is -0.136. The Kier molecular flexibility index (Phi) is 5.58. The van der Waals surface area contributed by atoms with E-state index >= 15 is 0 Å². The van der Waals surface area contributed by atoms with Gasteiger partial charge >= 0.3 is 0 Å². The van der Waals surface area contributed by atoms with Crippen molar-refractivity contribution in [1.82, 2.24) is 9.80 Å². The van der Waals surface area contributed by atoms with Crippen LogP contribution in [0.1, 0.15) is 60.2 Å². The minimum Gasteiger partial charge on any atom is -0.341 e. The Hall–Kier alpha value is -1.59. The molecule has 2 aliphatic rings. The number of likely N-dealkylation sites (tertiary alicyclic amines) is 1. The quantitative estimate of drug-likeness (QED) is 0.722. The smallest absolute Gasteiger partial charge is 0.262 e. The van der Waals surface area contributed by atoms with Crippen LogP contribution in [0.2, 0.25) is 10.0 Å². The zero-order valence-corrected chi connectivity index (χ0v) is 16.4. The van der Waals surface area contributed by atoms with Gasteiger partial charge in [0.25, 0.3) is 11.8 Å². The summed E-state index contributed by atoms with van der Waals surface area (Å²) in [6.07, 6.45) is 3.44. The number of nitrogens with zero attached hydrogens (tertiary/aromatic N) is 2. The predicted molar refractivity (Wildman–Crippen MR) is 101 cm³/mol. The first-order valence-corrected chi connectivity index (χ1v) is 9.72. The number of amides is 3. The fourth-order valence-electron chi connectivity index (χ4n) is 3.62. The second-order valence-corrected chi connectivity index (χ2v) is 8.14. The largest absolute Gasteiger partial charge is 0.341 e. The number of carbonyl (C=O) groups is 3. The van der Waals surface area contributed by atoms with Gasteiger partial charge in [0.1, 0.15) is 6.04 Å². The van der Waals surface area contributed by atoms with Gasteiger partial charge in [-0.3, -0.25) is 19.3 Å². The third-order valence-electron chi connectivity index (χ3n) is 4.92. The van der Waals surface area contributed by atoms with Gasteiger partial charge in [0, 0.05) is 13.1 Å². The number of halogens is 2. The standard InChI is InChI=1S/C19H22Cl2N2O3/c1-11(2)8-16(19(26)22-6-4-3-5-7-22)23-17(24)12-9-14(20)15(21)10-13(12)18(23)25/h9-11,16H,3-8H2,1-2H3/t16-/m0/s1. The molecule has 7 heteroatoms. The van der Waals surface area contributed by atoms with Crippen LogP contribution >= 0.6 is 23.2 Å². The Morgan fingerprint density at radius 2 is 1.50 bits per heavy atom. The Morgan fingerprint density at radius 3 is 1.96 bits per heavy atom. The molecular weight excluding hydrogens is 375 g/mol. The number of benzene rings is 1. The van der Waals surface area contributed by atoms with Gasteiger partial charge in [-0.1, -0.05) is 37.0 Å². The minimum absolute atomic E-state index is 0.148. The number of hydrogen-bond acceptors (Lipinski definition) is 3. The Morgan fingerprint density at radius 1 is 1.00 bits per heavy atom. The van der Waals surface area contributed by atoms with E-state index in [2.05, 4.69) is 0 Å². The van der Waals surface area contributed by atoms with Crippen LogP contribution in [0.15, 0.2) is 12.1 Å². The molecule has 1 aromatic carbocycles. The van der Waals surface area contributed by atoms with Gasteiger partial charge in [-0.05, 0) is 43.7 Å². The second kappa shape index (κ2) is 7.57. The topological polar surface area (TPSA) is 57.7 Å². The van der Waals surface area contributed by atoms with Gasteiger partial charge in [-0.2, -0.15) is 0 Å². The van der Waals surface area contributed by atoms with Crippen LogP contribution in [-0.4, -0.2) is 46.7 Å². The molecule has 1 fully saturated rings. The van der Waals surface area contributed by atoms with Gasteiger partial charge in [0.2, 0.25) is 5.91 Å². The molecule has 1 atom stereocenters. The van der Waals surface area contributed by atoms with Gasteiger partial charge in [-0.25, -0.2) is 0 Å². The van der Waals surface area contributed by atoms with Crippen LogP contribution in [0.25, 0.3) is 0 Å². The molecular formula is C19H22Cl2N2O3. The van der Waals surface area contributed by atoms with Gasteiger partial charge in [0.05, 0.1) is 21.2 Å². The number of piperidine rings is 1. The van der Waals surface area contributed by atoms with E-state index in [4.69, 9.17) is 23.2 Å². The first-order valence-electron chi connectivity index (χ1n) is 8.97. The summed E-state index contributed by atoms with van der Waals surface area (Å²) in [4.78, 5) is 41.8. The van der Waals surface area contributed by atoms with Crippen LogP contribution < -0.4 is 0 Å². The fourth-order valence-corrected chi connectivity index (χ4v) is 3.95. The first kappa shape index (κ1) is 19.2. The summed E-state index contributed by atoms with van der Waals surface area (Å²) < 4.78 is 0. The average molecular weight is 397 g/mol. The van der Waals surface area contributed by atoms with Crippen LogP contribution in [0, 0.1) is 5.92 Å². The number of hydrogen-bond donors (Lipinski definition) is 0. The summed E-state index contributed by atoms with van der Waals surface area (Å²) >= 11 is 12.0. The Labute approximate surface area is 163 Å². The third-order valence-corrected chi connectivity index (χ3v) is 5.64. The van der Waals surface area contributed by atoms with Crippen LogP contribution in [0.5, 0.6) is 0 Å². The molecule has 0 unspecified atom stereocenters. The van der Waals surface area contributed by atoms with E-state index < -0.39 is 17.9 Å². The van der Waals surface area contributed by atoms with Gasteiger partial charge in [0.15, 0.2) is 0 Å². The number of carbonyl (C=O) groups excluding carboxylic acids is 3. The number of rotatable bonds is 4. The second-order valence-electron chi connectivity index (χ2n) is 7.32. The van der Waals surface area contributed by atoms with Gasteiger partial charge < -0.3 is 4.90 Å². The van der Waals surface area contributed by atoms with Crippen molar-refractivity contribution in [1.29, 1.82) is 0 Å². The van der Waals surface area contributed by atoms with E-state index in [-0.39, 0.29) is 33.0 Å². The molecule has 2 aliphatic heterocycles. The molecule has 0 bridgehead atoms.